The Morgan fingerprint density at radius 3 is 2.72 bits per heavy atom. The second-order valence-electron chi connectivity index (χ2n) is 4.36. The molecule has 1 aromatic heterocycles. The van der Waals surface area contributed by atoms with Gasteiger partial charge in [0.25, 0.3) is 0 Å². The molecule has 2 N–H and O–H groups in total. The van der Waals surface area contributed by atoms with Crippen LogP contribution in [-0.4, -0.2) is 38.6 Å². The van der Waals surface area contributed by atoms with E-state index in [9.17, 15) is 4.79 Å². The fourth-order valence-corrected chi connectivity index (χ4v) is 1.83. The van der Waals surface area contributed by atoms with E-state index in [0.29, 0.717) is 13.0 Å². The second kappa shape index (κ2) is 6.96. The minimum absolute atomic E-state index is 0.0475. The first-order valence-corrected chi connectivity index (χ1v) is 6.10. The minimum atomic E-state index is 0.0475. The third-order valence-corrected chi connectivity index (χ3v) is 2.80. The number of rotatable bonds is 6. The van der Waals surface area contributed by atoms with Gasteiger partial charge in [-0.2, -0.15) is 0 Å². The van der Waals surface area contributed by atoms with Crippen LogP contribution < -0.4 is 15.5 Å². The van der Waals surface area contributed by atoms with Crippen LogP contribution in [0.2, 0.25) is 0 Å². The van der Waals surface area contributed by atoms with Gasteiger partial charge in [0.15, 0.2) is 0 Å². The zero-order valence-electron chi connectivity index (χ0n) is 11.6. The van der Waals surface area contributed by atoms with Crippen molar-refractivity contribution >= 4 is 11.7 Å². The number of amides is 1. The van der Waals surface area contributed by atoms with Gasteiger partial charge in [0.2, 0.25) is 5.91 Å². The zero-order chi connectivity index (χ0) is 13.5. The average Bonchev–Trinajstić information content (AvgIpc) is 2.36. The third kappa shape index (κ3) is 4.00. The van der Waals surface area contributed by atoms with Crippen molar-refractivity contribution in [2.75, 3.05) is 32.6 Å². The number of aromatic nitrogens is 1. The number of hydrogen-bond donors (Lipinski definition) is 2. The van der Waals surface area contributed by atoms with Crippen molar-refractivity contribution in [1.82, 2.24) is 15.6 Å². The lowest BCUT2D eigenvalue weighted by molar-refractivity contribution is -0.120. The molecule has 0 aromatic carbocycles. The molecule has 1 rings (SSSR count). The Balaban J connectivity index is 2.68. The van der Waals surface area contributed by atoms with Crippen molar-refractivity contribution in [3.8, 4) is 0 Å². The summed E-state index contributed by atoms with van der Waals surface area (Å²) in [6.07, 6.45) is 2.35. The summed E-state index contributed by atoms with van der Waals surface area (Å²) < 4.78 is 0. The van der Waals surface area contributed by atoms with Crippen molar-refractivity contribution in [3.05, 3.63) is 23.4 Å². The Bertz CT molecular complexity index is 406. The molecule has 0 radical (unpaired) electrons. The maximum Gasteiger partial charge on any atom is 0.221 e. The molecule has 0 fully saturated rings. The summed E-state index contributed by atoms with van der Waals surface area (Å²) in [6, 6.07) is 2.12. The van der Waals surface area contributed by atoms with Gasteiger partial charge >= 0.3 is 0 Å². The van der Waals surface area contributed by atoms with Gasteiger partial charge in [-0.25, -0.2) is 4.98 Å². The minimum Gasteiger partial charge on any atom is -0.359 e. The quantitative estimate of drug-likeness (QED) is 0.779. The zero-order valence-corrected chi connectivity index (χ0v) is 11.6. The van der Waals surface area contributed by atoms with Gasteiger partial charge in [-0.1, -0.05) is 0 Å². The van der Waals surface area contributed by atoms with Gasteiger partial charge in [-0.15, -0.1) is 0 Å². The summed E-state index contributed by atoms with van der Waals surface area (Å²) in [5.74, 6) is 0.977. The fraction of sp³-hybridized carbons (Fsp3) is 0.538. The molecule has 0 bridgehead atoms. The number of pyridine rings is 1. The van der Waals surface area contributed by atoms with E-state index in [1.807, 2.05) is 32.1 Å². The van der Waals surface area contributed by atoms with Gasteiger partial charge in [-0.3, -0.25) is 4.79 Å². The van der Waals surface area contributed by atoms with E-state index in [2.05, 4.69) is 21.7 Å². The lowest BCUT2D eigenvalue weighted by atomic mass is 10.2. The number of anilines is 1. The molecule has 0 spiro atoms. The van der Waals surface area contributed by atoms with E-state index in [1.165, 1.54) is 5.56 Å². The molecule has 0 aliphatic heterocycles. The Morgan fingerprint density at radius 2 is 2.17 bits per heavy atom. The van der Waals surface area contributed by atoms with Crippen LogP contribution in [0.15, 0.2) is 12.3 Å². The largest absolute Gasteiger partial charge is 0.359 e. The number of hydrogen-bond acceptors (Lipinski definition) is 4. The van der Waals surface area contributed by atoms with Crippen molar-refractivity contribution in [2.45, 2.75) is 19.9 Å². The molecule has 0 saturated heterocycles. The number of nitrogens with zero attached hydrogens (tertiary/aromatic N) is 2. The van der Waals surface area contributed by atoms with Crippen LogP contribution in [0.25, 0.3) is 0 Å². The van der Waals surface area contributed by atoms with Crippen molar-refractivity contribution in [3.63, 3.8) is 0 Å². The first-order chi connectivity index (χ1) is 8.58. The van der Waals surface area contributed by atoms with Crippen molar-refractivity contribution < 1.29 is 4.79 Å². The van der Waals surface area contributed by atoms with Crippen molar-refractivity contribution in [2.24, 2.45) is 0 Å². The van der Waals surface area contributed by atoms with Crippen LogP contribution >= 0.6 is 0 Å². The summed E-state index contributed by atoms with van der Waals surface area (Å²) >= 11 is 0. The third-order valence-electron chi connectivity index (χ3n) is 2.80. The first-order valence-electron chi connectivity index (χ1n) is 6.10. The summed E-state index contributed by atoms with van der Waals surface area (Å²) in [4.78, 5) is 17.7. The SMILES string of the molecule is CNCc1cnc(N(C)CCC(=O)NC)c(C)c1. The highest BCUT2D eigenvalue weighted by atomic mass is 16.1. The summed E-state index contributed by atoms with van der Waals surface area (Å²) in [5, 5.41) is 5.72. The van der Waals surface area contributed by atoms with Crippen LogP contribution in [0, 0.1) is 6.92 Å². The molecule has 0 saturated carbocycles. The molecule has 0 aliphatic rings. The Morgan fingerprint density at radius 1 is 1.44 bits per heavy atom. The maximum absolute atomic E-state index is 11.2. The van der Waals surface area contributed by atoms with Gasteiger partial charge in [0.1, 0.15) is 5.82 Å². The number of aryl methyl sites for hydroxylation is 1. The van der Waals surface area contributed by atoms with Crippen molar-refractivity contribution in [1.29, 1.82) is 0 Å². The van der Waals surface area contributed by atoms with Gasteiger partial charge in [0, 0.05) is 39.8 Å². The molecule has 1 amide bonds. The van der Waals surface area contributed by atoms with Crippen LogP contribution in [0.3, 0.4) is 0 Å². The molecule has 5 heteroatoms. The lowest BCUT2D eigenvalue weighted by Crippen LogP contribution is -2.27. The van der Waals surface area contributed by atoms with Gasteiger partial charge in [-0.05, 0) is 31.2 Å². The molecule has 0 atom stereocenters. The van der Waals surface area contributed by atoms with Crippen LogP contribution in [-0.2, 0) is 11.3 Å². The predicted molar refractivity (Wildman–Crippen MR) is 73.7 cm³/mol. The monoisotopic (exact) mass is 250 g/mol. The fourth-order valence-electron chi connectivity index (χ4n) is 1.83. The Labute approximate surface area is 109 Å². The topological polar surface area (TPSA) is 57.3 Å². The smallest absolute Gasteiger partial charge is 0.221 e. The number of nitrogens with one attached hydrogen (secondary N) is 2. The standard InChI is InChI=1S/C13H22N4O/c1-10-7-11(8-14-2)9-16-13(10)17(4)6-5-12(18)15-3/h7,9,14H,5-6,8H2,1-4H3,(H,15,18). The first kappa shape index (κ1) is 14.4. The molecule has 5 nitrogen and oxygen atoms in total. The maximum atomic E-state index is 11.2. The Hall–Kier alpha value is -1.62. The lowest BCUT2D eigenvalue weighted by Gasteiger charge is -2.20. The molecule has 0 aliphatic carbocycles. The van der Waals surface area contributed by atoms with E-state index in [1.54, 1.807) is 7.05 Å². The summed E-state index contributed by atoms with van der Waals surface area (Å²) in [7, 11) is 5.52. The van der Waals surface area contributed by atoms with Gasteiger partial charge in [0.05, 0.1) is 0 Å². The number of carbonyl (C=O) groups excluding carboxylic acids is 1. The molecule has 18 heavy (non-hydrogen) atoms. The molecular weight excluding hydrogens is 228 g/mol. The highest BCUT2D eigenvalue weighted by Gasteiger charge is 2.08. The van der Waals surface area contributed by atoms with Crippen LogP contribution in [0.1, 0.15) is 17.5 Å². The number of carbonyl (C=O) groups is 1. The Kier molecular flexibility index (Phi) is 5.58. The molecule has 1 heterocycles. The van der Waals surface area contributed by atoms with E-state index >= 15 is 0 Å². The molecule has 1 aromatic rings. The average molecular weight is 250 g/mol. The highest BCUT2D eigenvalue weighted by Crippen LogP contribution is 2.16. The van der Waals surface area contributed by atoms with Gasteiger partial charge < -0.3 is 15.5 Å². The summed E-state index contributed by atoms with van der Waals surface area (Å²) in [6.45, 7) is 3.52. The normalized spacial score (nSPS) is 10.2. The van der Waals surface area contributed by atoms with E-state index < -0.39 is 0 Å². The second-order valence-corrected chi connectivity index (χ2v) is 4.36. The van der Waals surface area contributed by atoms with Crippen LogP contribution in [0.4, 0.5) is 5.82 Å². The van der Waals surface area contributed by atoms with E-state index in [0.717, 1.165) is 17.9 Å². The predicted octanol–water partition coefficient (Wildman–Crippen LogP) is 0.682. The molecule has 100 valence electrons. The highest BCUT2D eigenvalue weighted by molar-refractivity contribution is 5.76. The van der Waals surface area contributed by atoms with Crippen LogP contribution in [0.5, 0.6) is 0 Å². The van der Waals surface area contributed by atoms with E-state index in [4.69, 9.17) is 0 Å². The van der Waals surface area contributed by atoms with E-state index in [-0.39, 0.29) is 5.91 Å². The summed E-state index contributed by atoms with van der Waals surface area (Å²) in [5.41, 5.74) is 2.29. The molecular formula is C13H22N4O. The molecule has 0 unspecified atom stereocenters.